The molecule has 0 radical (unpaired) electrons. The highest BCUT2D eigenvalue weighted by atomic mass is 127. The van der Waals surface area contributed by atoms with Crippen LogP contribution in [0.15, 0.2) is 18.2 Å². The van der Waals surface area contributed by atoms with E-state index in [1.165, 1.54) is 18.2 Å². The molecule has 2 rings (SSSR count). The van der Waals surface area contributed by atoms with Crippen molar-refractivity contribution in [1.82, 2.24) is 15.5 Å². The van der Waals surface area contributed by atoms with Gasteiger partial charge in [0.05, 0.1) is 5.56 Å². The lowest BCUT2D eigenvalue weighted by molar-refractivity contribution is 0.0946. The van der Waals surface area contributed by atoms with E-state index >= 15 is 0 Å². The maximum atomic E-state index is 13.0. The lowest BCUT2D eigenvalue weighted by Gasteiger charge is -2.27. The molecular formula is C13H17FIN3O. The van der Waals surface area contributed by atoms with Gasteiger partial charge >= 0.3 is 0 Å². The topological polar surface area (TPSA) is 44.4 Å². The molecule has 19 heavy (non-hydrogen) atoms. The van der Waals surface area contributed by atoms with Gasteiger partial charge in [-0.2, -0.15) is 0 Å². The van der Waals surface area contributed by atoms with E-state index < -0.39 is 0 Å². The van der Waals surface area contributed by atoms with Gasteiger partial charge in [0.15, 0.2) is 0 Å². The number of halogens is 2. The molecule has 1 amide bonds. The third-order valence-electron chi connectivity index (χ3n) is 3.10. The molecule has 6 heteroatoms. The predicted octanol–water partition coefficient (Wildman–Crippen LogP) is 1.07. The molecule has 0 spiro atoms. The van der Waals surface area contributed by atoms with Crippen molar-refractivity contribution in [2.75, 3.05) is 39.3 Å². The lowest BCUT2D eigenvalue weighted by atomic mass is 10.2. The highest BCUT2D eigenvalue weighted by molar-refractivity contribution is 14.1. The third-order valence-corrected chi connectivity index (χ3v) is 3.99. The fourth-order valence-corrected chi connectivity index (χ4v) is 2.75. The van der Waals surface area contributed by atoms with Gasteiger partial charge < -0.3 is 10.6 Å². The second-order valence-electron chi connectivity index (χ2n) is 4.47. The molecule has 0 aliphatic carbocycles. The highest BCUT2D eigenvalue weighted by Crippen LogP contribution is 2.13. The number of hydrogen-bond acceptors (Lipinski definition) is 3. The molecule has 0 bridgehead atoms. The van der Waals surface area contributed by atoms with Crippen molar-refractivity contribution in [3.05, 3.63) is 33.1 Å². The highest BCUT2D eigenvalue weighted by Gasteiger charge is 2.12. The van der Waals surface area contributed by atoms with Crippen molar-refractivity contribution >= 4 is 28.5 Å². The van der Waals surface area contributed by atoms with Crippen LogP contribution in [0.3, 0.4) is 0 Å². The minimum Gasteiger partial charge on any atom is -0.351 e. The number of nitrogens with zero attached hydrogens (tertiary/aromatic N) is 1. The third kappa shape index (κ3) is 4.39. The molecule has 0 atom stereocenters. The summed E-state index contributed by atoms with van der Waals surface area (Å²) in [6.07, 6.45) is 0. The first-order chi connectivity index (χ1) is 9.16. The summed E-state index contributed by atoms with van der Waals surface area (Å²) in [4.78, 5) is 14.3. The van der Waals surface area contributed by atoms with Crippen molar-refractivity contribution < 1.29 is 9.18 Å². The molecule has 2 N–H and O–H groups in total. The molecule has 1 aliphatic rings. The monoisotopic (exact) mass is 377 g/mol. The summed E-state index contributed by atoms with van der Waals surface area (Å²) < 4.78 is 13.6. The summed E-state index contributed by atoms with van der Waals surface area (Å²) in [5.74, 6) is -0.457. The van der Waals surface area contributed by atoms with Crippen LogP contribution >= 0.6 is 22.6 Å². The Hall–Kier alpha value is -0.730. The van der Waals surface area contributed by atoms with Gasteiger partial charge in [-0.3, -0.25) is 9.69 Å². The Bertz CT molecular complexity index is 450. The van der Waals surface area contributed by atoms with Gasteiger partial charge in [-0.15, -0.1) is 0 Å². The second-order valence-corrected chi connectivity index (χ2v) is 5.63. The largest absolute Gasteiger partial charge is 0.351 e. The molecule has 0 unspecified atom stereocenters. The van der Waals surface area contributed by atoms with Crippen molar-refractivity contribution in [3.8, 4) is 0 Å². The lowest BCUT2D eigenvalue weighted by Crippen LogP contribution is -2.46. The van der Waals surface area contributed by atoms with Gasteiger partial charge in [-0.05, 0) is 40.8 Å². The Morgan fingerprint density at radius 2 is 2.16 bits per heavy atom. The molecule has 1 saturated heterocycles. The molecule has 104 valence electrons. The van der Waals surface area contributed by atoms with Gasteiger partial charge in [0, 0.05) is 42.8 Å². The van der Waals surface area contributed by atoms with Crippen LogP contribution in [0.25, 0.3) is 0 Å². The number of piperazine rings is 1. The summed E-state index contributed by atoms with van der Waals surface area (Å²) in [7, 11) is 0. The first-order valence-electron chi connectivity index (χ1n) is 6.33. The number of carbonyl (C=O) groups is 1. The predicted molar refractivity (Wildman–Crippen MR) is 80.8 cm³/mol. The summed E-state index contributed by atoms with van der Waals surface area (Å²) >= 11 is 1.98. The van der Waals surface area contributed by atoms with E-state index in [1.807, 2.05) is 22.6 Å². The summed E-state index contributed by atoms with van der Waals surface area (Å²) in [5, 5.41) is 6.17. The molecule has 1 fully saturated rings. The zero-order valence-electron chi connectivity index (χ0n) is 10.6. The van der Waals surface area contributed by atoms with E-state index in [9.17, 15) is 9.18 Å². The fraction of sp³-hybridized carbons (Fsp3) is 0.462. The first kappa shape index (κ1) is 14.7. The Balaban J connectivity index is 1.80. The second kappa shape index (κ2) is 7.16. The molecular weight excluding hydrogens is 360 g/mol. The van der Waals surface area contributed by atoms with Gasteiger partial charge in [-0.1, -0.05) is 0 Å². The molecule has 4 nitrogen and oxygen atoms in total. The van der Waals surface area contributed by atoms with Crippen molar-refractivity contribution in [3.63, 3.8) is 0 Å². The Kier molecular flexibility index (Phi) is 5.53. The maximum Gasteiger partial charge on any atom is 0.252 e. The molecule has 1 aliphatic heterocycles. The zero-order chi connectivity index (χ0) is 13.7. The SMILES string of the molecule is O=C(NCCN1CCNCC1)c1ccc(F)cc1I. The molecule has 1 heterocycles. The van der Waals surface area contributed by atoms with Crippen LogP contribution in [0.2, 0.25) is 0 Å². The number of amides is 1. The number of benzene rings is 1. The number of carbonyl (C=O) groups excluding carboxylic acids is 1. The standard InChI is InChI=1S/C13H17FIN3O/c14-10-1-2-11(12(15)9-10)13(19)17-5-8-18-6-3-16-4-7-18/h1-2,9,16H,3-8H2,(H,17,19). The summed E-state index contributed by atoms with van der Waals surface area (Å²) in [6, 6.07) is 4.20. The maximum absolute atomic E-state index is 13.0. The normalized spacial score (nSPS) is 16.3. The van der Waals surface area contributed by atoms with E-state index in [0.29, 0.717) is 15.7 Å². The minimum atomic E-state index is -0.318. The molecule has 1 aromatic rings. The number of nitrogens with one attached hydrogen (secondary N) is 2. The summed E-state index contributed by atoms with van der Waals surface area (Å²) in [5.41, 5.74) is 0.530. The van der Waals surface area contributed by atoms with E-state index in [2.05, 4.69) is 15.5 Å². The van der Waals surface area contributed by atoms with Crippen LogP contribution in [0.4, 0.5) is 4.39 Å². The van der Waals surface area contributed by atoms with E-state index in [4.69, 9.17) is 0 Å². The smallest absolute Gasteiger partial charge is 0.252 e. The van der Waals surface area contributed by atoms with Crippen LogP contribution in [-0.2, 0) is 0 Å². The van der Waals surface area contributed by atoms with Crippen molar-refractivity contribution in [1.29, 1.82) is 0 Å². The van der Waals surface area contributed by atoms with Gasteiger partial charge in [0.1, 0.15) is 5.82 Å². The van der Waals surface area contributed by atoms with Gasteiger partial charge in [0.25, 0.3) is 5.91 Å². The molecule has 0 aromatic heterocycles. The van der Waals surface area contributed by atoms with Gasteiger partial charge in [0.2, 0.25) is 0 Å². The van der Waals surface area contributed by atoms with E-state index in [0.717, 1.165) is 32.7 Å². The fourth-order valence-electron chi connectivity index (χ4n) is 2.03. The molecule has 0 saturated carbocycles. The average molecular weight is 377 g/mol. The quantitative estimate of drug-likeness (QED) is 0.772. The Morgan fingerprint density at radius 1 is 1.42 bits per heavy atom. The number of hydrogen-bond donors (Lipinski definition) is 2. The van der Waals surface area contributed by atoms with E-state index in [1.54, 1.807) is 0 Å². The van der Waals surface area contributed by atoms with Crippen LogP contribution in [0.1, 0.15) is 10.4 Å². The zero-order valence-corrected chi connectivity index (χ0v) is 12.7. The van der Waals surface area contributed by atoms with Crippen LogP contribution in [0, 0.1) is 9.39 Å². The Morgan fingerprint density at radius 3 is 2.84 bits per heavy atom. The van der Waals surface area contributed by atoms with Crippen molar-refractivity contribution in [2.45, 2.75) is 0 Å². The first-order valence-corrected chi connectivity index (χ1v) is 7.41. The van der Waals surface area contributed by atoms with E-state index in [-0.39, 0.29) is 11.7 Å². The van der Waals surface area contributed by atoms with Gasteiger partial charge in [-0.25, -0.2) is 4.39 Å². The van der Waals surface area contributed by atoms with Crippen LogP contribution < -0.4 is 10.6 Å². The van der Waals surface area contributed by atoms with Crippen LogP contribution in [0.5, 0.6) is 0 Å². The average Bonchev–Trinajstić information content (AvgIpc) is 2.39. The van der Waals surface area contributed by atoms with Crippen LogP contribution in [-0.4, -0.2) is 50.1 Å². The Labute approximate surface area is 125 Å². The number of rotatable bonds is 4. The molecule has 1 aromatic carbocycles. The summed E-state index contributed by atoms with van der Waals surface area (Å²) in [6.45, 7) is 5.51. The van der Waals surface area contributed by atoms with Crippen molar-refractivity contribution in [2.24, 2.45) is 0 Å². The minimum absolute atomic E-state index is 0.139.